The van der Waals surface area contributed by atoms with E-state index in [2.05, 4.69) is 16.9 Å². The summed E-state index contributed by atoms with van der Waals surface area (Å²) >= 11 is 0. The molecule has 2 rings (SSSR count). The van der Waals surface area contributed by atoms with Gasteiger partial charge in [-0.1, -0.05) is 24.1 Å². The van der Waals surface area contributed by atoms with Crippen LogP contribution in [0, 0.1) is 11.8 Å². The van der Waals surface area contributed by atoms with Crippen LogP contribution in [0.2, 0.25) is 0 Å². The second-order valence-corrected chi connectivity index (χ2v) is 4.59. The first kappa shape index (κ1) is 14.8. The molecular formula is C16H17N3O2. The summed E-state index contributed by atoms with van der Waals surface area (Å²) in [6, 6.07) is 9.33. The average Bonchev–Trinajstić information content (AvgIpc) is 2.91. The summed E-state index contributed by atoms with van der Waals surface area (Å²) < 4.78 is 1.67. The highest BCUT2D eigenvalue weighted by Gasteiger charge is 2.12. The third kappa shape index (κ3) is 4.48. The molecule has 0 fully saturated rings. The minimum absolute atomic E-state index is 0.0982. The summed E-state index contributed by atoms with van der Waals surface area (Å²) in [5.41, 5.74) is 1.69. The van der Waals surface area contributed by atoms with Crippen LogP contribution in [0.5, 0.6) is 0 Å². The fourth-order valence-corrected chi connectivity index (χ4v) is 1.87. The largest absolute Gasteiger partial charge is 0.395 e. The van der Waals surface area contributed by atoms with E-state index in [1.807, 2.05) is 43.6 Å². The number of aliphatic hydroxyl groups excluding tert-OH is 1. The zero-order valence-electron chi connectivity index (χ0n) is 11.9. The molecule has 0 radical (unpaired) electrons. The van der Waals surface area contributed by atoms with Crippen LogP contribution >= 0.6 is 0 Å². The number of rotatable bonds is 4. The van der Waals surface area contributed by atoms with Crippen molar-refractivity contribution < 1.29 is 9.90 Å². The molecule has 5 nitrogen and oxygen atoms in total. The fraction of sp³-hybridized carbons (Fsp3) is 0.250. The molecule has 0 spiro atoms. The molecule has 1 heterocycles. The van der Waals surface area contributed by atoms with E-state index in [-0.39, 0.29) is 19.1 Å². The molecule has 0 aliphatic carbocycles. The monoisotopic (exact) mass is 283 g/mol. The van der Waals surface area contributed by atoms with Gasteiger partial charge >= 0.3 is 0 Å². The number of aryl methyl sites for hydroxylation is 1. The van der Waals surface area contributed by atoms with Crippen molar-refractivity contribution in [2.24, 2.45) is 7.05 Å². The fourth-order valence-electron chi connectivity index (χ4n) is 1.87. The number of aliphatic hydroxyl groups is 1. The third-order valence-electron chi connectivity index (χ3n) is 2.88. The molecule has 0 aliphatic heterocycles. The van der Waals surface area contributed by atoms with Crippen molar-refractivity contribution in [1.29, 1.82) is 0 Å². The van der Waals surface area contributed by atoms with Gasteiger partial charge in [0.2, 0.25) is 0 Å². The number of benzene rings is 1. The molecule has 0 saturated heterocycles. The number of amides is 1. The van der Waals surface area contributed by atoms with Crippen molar-refractivity contribution in [1.82, 2.24) is 14.7 Å². The van der Waals surface area contributed by atoms with Crippen LogP contribution in [-0.4, -0.2) is 38.8 Å². The molecule has 0 bridgehead atoms. The molecule has 5 heteroatoms. The number of hydrogen-bond acceptors (Lipinski definition) is 3. The number of carbonyl (C=O) groups is 1. The highest BCUT2D eigenvalue weighted by molar-refractivity contribution is 5.94. The molecular weight excluding hydrogens is 266 g/mol. The lowest BCUT2D eigenvalue weighted by atomic mass is 10.2. The van der Waals surface area contributed by atoms with Gasteiger partial charge in [0.15, 0.2) is 0 Å². The van der Waals surface area contributed by atoms with Crippen molar-refractivity contribution in [2.75, 3.05) is 13.2 Å². The molecule has 0 aliphatic rings. The lowest BCUT2D eigenvalue weighted by molar-refractivity contribution is -0.126. The molecule has 1 aromatic heterocycles. The van der Waals surface area contributed by atoms with Crippen LogP contribution in [0.1, 0.15) is 11.1 Å². The highest BCUT2D eigenvalue weighted by atomic mass is 16.3. The van der Waals surface area contributed by atoms with Crippen LogP contribution in [0.15, 0.2) is 42.7 Å². The number of aromatic nitrogens is 2. The van der Waals surface area contributed by atoms with E-state index in [0.717, 1.165) is 11.1 Å². The first-order valence-electron chi connectivity index (χ1n) is 6.63. The summed E-state index contributed by atoms with van der Waals surface area (Å²) in [5, 5.41) is 13.2. The minimum Gasteiger partial charge on any atom is -0.395 e. The molecule has 0 saturated carbocycles. The molecule has 0 atom stereocenters. The number of carbonyl (C=O) groups excluding carboxylic acids is 1. The Hall–Kier alpha value is -2.58. The summed E-state index contributed by atoms with van der Waals surface area (Å²) in [4.78, 5) is 13.6. The number of nitrogens with zero attached hydrogens (tertiary/aromatic N) is 3. The Morgan fingerprint density at radius 1 is 1.38 bits per heavy atom. The van der Waals surface area contributed by atoms with Crippen LogP contribution in [0.4, 0.5) is 0 Å². The maximum atomic E-state index is 12.1. The van der Waals surface area contributed by atoms with Crippen LogP contribution < -0.4 is 0 Å². The van der Waals surface area contributed by atoms with E-state index in [4.69, 9.17) is 5.11 Å². The molecule has 0 unspecified atom stereocenters. The van der Waals surface area contributed by atoms with Crippen molar-refractivity contribution in [3.63, 3.8) is 0 Å². The van der Waals surface area contributed by atoms with Gasteiger partial charge in [-0.05, 0) is 12.1 Å². The second-order valence-electron chi connectivity index (χ2n) is 4.59. The number of hydrogen-bond donors (Lipinski definition) is 1. The standard InChI is InChI=1S/C16H17N3O2/c1-18-12-15(11-17-18)13-19(9-10-20)16(21)8-7-14-5-3-2-4-6-14/h2-6,11-12,20H,9-10,13H2,1H3. The van der Waals surface area contributed by atoms with Gasteiger partial charge in [-0.3, -0.25) is 9.48 Å². The van der Waals surface area contributed by atoms with E-state index in [1.165, 1.54) is 4.90 Å². The Morgan fingerprint density at radius 2 is 2.14 bits per heavy atom. The quantitative estimate of drug-likeness (QED) is 0.844. The van der Waals surface area contributed by atoms with Crippen LogP contribution in [0.3, 0.4) is 0 Å². The Balaban J connectivity index is 2.07. The van der Waals surface area contributed by atoms with E-state index < -0.39 is 0 Å². The molecule has 108 valence electrons. The van der Waals surface area contributed by atoms with E-state index >= 15 is 0 Å². The average molecular weight is 283 g/mol. The minimum atomic E-state index is -0.309. The summed E-state index contributed by atoms with van der Waals surface area (Å²) in [7, 11) is 1.82. The molecule has 1 amide bonds. The summed E-state index contributed by atoms with van der Waals surface area (Å²) in [5.74, 6) is 5.13. The van der Waals surface area contributed by atoms with Gasteiger partial charge in [-0.2, -0.15) is 5.10 Å². The summed E-state index contributed by atoms with van der Waals surface area (Å²) in [6.07, 6.45) is 3.53. The SMILES string of the molecule is Cn1cc(CN(CCO)C(=O)C#Cc2ccccc2)cn1. The maximum absolute atomic E-state index is 12.1. The van der Waals surface area contributed by atoms with Gasteiger partial charge in [0.25, 0.3) is 5.91 Å². The van der Waals surface area contributed by atoms with Gasteiger partial charge < -0.3 is 10.0 Å². The lowest BCUT2D eigenvalue weighted by Gasteiger charge is -2.17. The first-order chi connectivity index (χ1) is 10.2. The molecule has 21 heavy (non-hydrogen) atoms. The highest BCUT2D eigenvalue weighted by Crippen LogP contribution is 2.03. The lowest BCUT2D eigenvalue weighted by Crippen LogP contribution is -2.31. The van der Waals surface area contributed by atoms with Gasteiger partial charge in [0, 0.05) is 43.4 Å². The maximum Gasteiger partial charge on any atom is 0.299 e. The first-order valence-corrected chi connectivity index (χ1v) is 6.63. The topological polar surface area (TPSA) is 58.4 Å². The van der Waals surface area contributed by atoms with Gasteiger partial charge in [-0.15, -0.1) is 0 Å². The Morgan fingerprint density at radius 3 is 2.76 bits per heavy atom. The van der Waals surface area contributed by atoms with Crippen molar-refractivity contribution in [3.8, 4) is 11.8 Å². The van der Waals surface area contributed by atoms with Crippen molar-refractivity contribution in [2.45, 2.75) is 6.54 Å². The van der Waals surface area contributed by atoms with Gasteiger partial charge in [0.05, 0.1) is 12.8 Å². The molecule has 1 aromatic carbocycles. The van der Waals surface area contributed by atoms with E-state index in [9.17, 15) is 4.79 Å². The second kappa shape index (κ2) is 7.27. The zero-order valence-corrected chi connectivity index (χ0v) is 11.9. The van der Waals surface area contributed by atoms with Crippen LogP contribution in [0.25, 0.3) is 0 Å². The Bertz CT molecular complexity index is 653. The Labute approximate surface area is 123 Å². The smallest absolute Gasteiger partial charge is 0.299 e. The van der Waals surface area contributed by atoms with Crippen molar-refractivity contribution in [3.05, 3.63) is 53.9 Å². The molecule has 1 N–H and O–H groups in total. The Kier molecular flexibility index (Phi) is 5.13. The zero-order chi connectivity index (χ0) is 15.1. The van der Waals surface area contributed by atoms with Crippen LogP contribution in [-0.2, 0) is 18.4 Å². The van der Waals surface area contributed by atoms with Crippen molar-refractivity contribution >= 4 is 5.91 Å². The van der Waals surface area contributed by atoms with Gasteiger partial charge in [-0.25, -0.2) is 0 Å². The predicted molar refractivity (Wildman–Crippen MR) is 79.0 cm³/mol. The van der Waals surface area contributed by atoms with Gasteiger partial charge in [0.1, 0.15) is 0 Å². The van der Waals surface area contributed by atoms with E-state index in [0.29, 0.717) is 6.54 Å². The molecule has 2 aromatic rings. The predicted octanol–water partition coefficient (Wildman–Crippen LogP) is 0.793. The third-order valence-corrected chi connectivity index (χ3v) is 2.88. The van der Waals surface area contributed by atoms with E-state index in [1.54, 1.807) is 10.9 Å². The summed E-state index contributed by atoms with van der Waals surface area (Å²) in [6.45, 7) is 0.535. The normalized spacial score (nSPS) is 9.81.